The molecule has 0 aromatic rings. The van der Waals surface area contributed by atoms with Gasteiger partial charge in [0.2, 0.25) is 0 Å². The van der Waals surface area contributed by atoms with Gasteiger partial charge in [-0.2, -0.15) is 0 Å². The second-order valence-corrected chi connectivity index (χ2v) is 13.8. The normalized spacial score (nSPS) is 21.1. The maximum absolute atomic E-state index is 11.4. The second kappa shape index (κ2) is 37.9. The summed E-state index contributed by atoms with van der Waals surface area (Å²) < 4.78 is 24.9. The summed E-state index contributed by atoms with van der Waals surface area (Å²) in [5.41, 5.74) is 10.7. The summed E-state index contributed by atoms with van der Waals surface area (Å²) in [4.78, 5) is 76.2. The predicted octanol–water partition coefficient (Wildman–Crippen LogP) is -1.70. The van der Waals surface area contributed by atoms with Crippen LogP contribution in [0.5, 0.6) is 0 Å². The van der Waals surface area contributed by atoms with Crippen molar-refractivity contribution in [3.05, 3.63) is 0 Å². The van der Waals surface area contributed by atoms with E-state index in [0.29, 0.717) is 47.6 Å². The monoisotopic (exact) mass is 1040 g/mol. The number of aliphatic carboxylic acids is 1. The van der Waals surface area contributed by atoms with Crippen molar-refractivity contribution in [2.24, 2.45) is 47.0 Å². The minimum Gasteiger partial charge on any atom is -1.00 e. The van der Waals surface area contributed by atoms with Crippen molar-refractivity contribution in [2.45, 2.75) is 59.0 Å². The van der Waals surface area contributed by atoms with E-state index in [9.17, 15) is 33.6 Å². The topological polar surface area (TPSA) is 278 Å². The molecule has 17 nitrogen and oxygen atoms in total. The number of rotatable bonds is 11. The van der Waals surface area contributed by atoms with E-state index < -0.39 is 29.8 Å². The first kappa shape index (κ1) is 62.6. The van der Waals surface area contributed by atoms with Gasteiger partial charge in [0.1, 0.15) is 17.6 Å². The van der Waals surface area contributed by atoms with Gasteiger partial charge in [-0.3, -0.25) is 33.6 Å². The summed E-state index contributed by atoms with van der Waals surface area (Å²) in [5.74, 6) is -3.51. The number of Topliss-reactive ketones (excluding diaryl/α,β-unsaturated/α-hetero) is 3. The van der Waals surface area contributed by atoms with Gasteiger partial charge in [-0.1, -0.05) is 66.0 Å². The Labute approximate surface area is 375 Å². The van der Waals surface area contributed by atoms with Gasteiger partial charge in [-0.05, 0) is 12.8 Å². The summed E-state index contributed by atoms with van der Waals surface area (Å²) in [6, 6.07) is -0.842. The van der Waals surface area contributed by atoms with Crippen LogP contribution in [0.4, 0.5) is 0 Å². The number of halogens is 3. The number of aliphatic hydroxyl groups excluding tert-OH is 2. The van der Waals surface area contributed by atoms with E-state index >= 15 is 0 Å². The number of hydrogen-bond acceptors (Lipinski definition) is 16. The summed E-state index contributed by atoms with van der Waals surface area (Å²) in [6.07, 6.45) is 0.965. The molecule has 314 valence electrons. The van der Waals surface area contributed by atoms with Crippen LogP contribution in [-0.4, -0.2) is 138 Å². The Morgan fingerprint density at radius 3 is 1.74 bits per heavy atom. The third-order valence-electron chi connectivity index (χ3n) is 7.24. The first-order chi connectivity index (χ1) is 24.3. The van der Waals surface area contributed by atoms with E-state index in [4.69, 9.17) is 36.3 Å². The van der Waals surface area contributed by atoms with Crippen LogP contribution in [-0.2, 0) is 57.2 Å². The van der Waals surface area contributed by atoms with Gasteiger partial charge in [0, 0.05) is 46.6 Å². The van der Waals surface area contributed by atoms with Crippen molar-refractivity contribution < 1.29 is 104 Å². The smallest absolute Gasteiger partial charge is 1.00 e. The maximum Gasteiger partial charge on any atom is 1.00 e. The minimum absolute atomic E-state index is 0. The molecule has 54 heavy (non-hydrogen) atoms. The van der Waals surface area contributed by atoms with Gasteiger partial charge >= 0.3 is 53.4 Å². The van der Waals surface area contributed by atoms with Crippen LogP contribution in [0, 0.1) is 35.5 Å². The molecule has 0 aliphatic carbocycles. The standard InChI is InChI=1S/C9H15IO4.C9H14O4.C7H13NO2.C4H8INO2.C4H8O3.ClH.Na.H/c1-6(5-11)8(12)3-7(4-10)9(13)14-2;1-6-4-13-5-7(3-8(6)10)9(11)12-2;1-5-2-7(9)6(8)4-10-3-5;1-8-4(7)3(6)2-5;1-3(2-5)4(6)7;;;/h6-7,11H,3-5H2,1-2H3;6-7H,3-5H2,1-2H3;5-6H,2-4,8H2,1H3;3H,2,6H2,1H3;3,5H,2H2,1H3,(H,6,7);1H;;/q;;;;;;+1;-1. The first-order valence-electron chi connectivity index (χ1n) is 16.4. The zero-order chi connectivity index (χ0) is 41.0. The Morgan fingerprint density at radius 1 is 0.833 bits per heavy atom. The number of ether oxygens (including phenoxy) is 5. The largest absolute Gasteiger partial charge is 1.00 e. The number of ketones is 3. The quantitative estimate of drug-likeness (QED) is 0.0507. The van der Waals surface area contributed by atoms with Crippen LogP contribution in [0.2, 0.25) is 0 Å². The number of carbonyl (C=O) groups excluding carboxylic acids is 6. The number of esters is 3. The molecular formula is C33H60ClI2N2NaO15. The fourth-order valence-corrected chi connectivity index (χ4v) is 4.58. The molecule has 0 amide bonds. The van der Waals surface area contributed by atoms with Crippen molar-refractivity contribution in [1.82, 2.24) is 0 Å². The summed E-state index contributed by atoms with van der Waals surface area (Å²) in [5, 5.41) is 24.9. The fourth-order valence-electron chi connectivity index (χ4n) is 3.55. The van der Waals surface area contributed by atoms with E-state index in [1.807, 2.05) is 59.0 Å². The number of aliphatic hydroxyl groups is 2. The van der Waals surface area contributed by atoms with Crippen molar-refractivity contribution in [1.29, 1.82) is 0 Å². The minimum atomic E-state index is -0.956. The van der Waals surface area contributed by atoms with Crippen LogP contribution in [0.1, 0.15) is 48.4 Å². The molecule has 8 atom stereocenters. The van der Waals surface area contributed by atoms with Crippen molar-refractivity contribution >= 4 is 98.8 Å². The molecule has 0 spiro atoms. The molecule has 7 N–H and O–H groups in total. The average Bonchev–Trinajstić information content (AvgIpc) is 3.40. The van der Waals surface area contributed by atoms with Crippen LogP contribution < -0.4 is 41.0 Å². The van der Waals surface area contributed by atoms with Crippen molar-refractivity contribution in [3.8, 4) is 0 Å². The van der Waals surface area contributed by atoms with E-state index in [1.54, 1.807) is 6.92 Å². The Kier molecular flexibility index (Phi) is 44.0. The fraction of sp³-hybridized carbons (Fsp3) is 0.788. The third-order valence-corrected chi connectivity index (χ3v) is 9.25. The Bertz CT molecular complexity index is 1100. The van der Waals surface area contributed by atoms with Crippen LogP contribution in [0.3, 0.4) is 0 Å². The van der Waals surface area contributed by atoms with Gasteiger partial charge in [-0.15, -0.1) is 12.4 Å². The Morgan fingerprint density at radius 2 is 1.35 bits per heavy atom. The van der Waals surface area contributed by atoms with Gasteiger partial charge in [0.05, 0.1) is 78.2 Å². The molecule has 0 saturated carbocycles. The molecule has 0 aromatic carbocycles. The summed E-state index contributed by atoms with van der Waals surface area (Å²) in [6.45, 7) is 8.20. The maximum atomic E-state index is 11.4. The molecule has 2 aliphatic heterocycles. The molecule has 2 fully saturated rings. The molecule has 8 unspecified atom stereocenters. The number of carbonyl (C=O) groups is 7. The van der Waals surface area contributed by atoms with E-state index in [0.717, 1.165) is 0 Å². The number of methoxy groups -OCH3 is 3. The third kappa shape index (κ3) is 30.5. The van der Waals surface area contributed by atoms with E-state index in [-0.39, 0.29) is 123 Å². The number of carboxylic acid groups (broad SMARTS) is 1. The van der Waals surface area contributed by atoms with Crippen LogP contribution in [0.25, 0.3) is 0 Å². The molecule has 0 aromatic heterocycles. The SMILES string of the molecule is CC(CO)C(=O)O.CC1COCC(N)C(=O)C1.COC(=O)C(CI)CC(=O)C(C)CO.COC(=O)C(N)CI.COC(=O)C1COCC(C)C(=O)C1.Cl.[H-].[Na+]. The molecule has 21 heteroatoms. The molecule has 0 radical (unpaired) electrons. The van der Waals surface area contributed by atoms with Gasteiger partial charge < -0.3 is 51.9 Å². The van der Waals surface area contributed by atoms with Gasteiger partial charge in [-0.25, -0.2) is 0 Å². The van der Waals surface area contributed by atoms with E-state index in [2.05, 4.69) is 14.2 Å². The summed E-state index contributed by atoms with van der Waals surface area (Å²) >= 11 is 4.07. The molecule has 2 rings (SSSR count). The Hall–Kier alpha value is -0.600. The molecule has 2 aliphatic rings. The predicted molar refractivity (Wildman–Crippen MR) is 214 cm³/mol. The zero-order valence-electron chi connectivity index (χ0n) is 33.5. The number of carboxylic acids is 1. The number of hydrogen-bond donors (Lipinski definition) is 5. The summed E-state index contributed by atoms with van der Waals surface area (Å²) in [7, 11) is 3.96. The van der Waals surface area contributed by atoms with Gasteiger partial charge in [0.25, 0.3) is 0 Å². The van der Waals surface area contributed by atoms with Crippen molar-refractivity contribution in [3.63, 3.8) is 0 Å². The van der Waals surface area contributed by atoms with Crippen molar-refractivity contribution in [2.75, 3.05) is 69.8 Å². The van der Waals surface area contributed by atoms with Crippen LogP contribution >= 0.6 is 57.6 Å². The van der Waals surface area contributed by atoms with Crippen LogP contribution in [0.15, 0.2) is 0 Å². The molecule has 0 bridgehead atoms. The number of alkyl halides is 2. The second-order valence-electron chi connectivity index (χ2n) is 12.1. The average molecular weight is 1040 g/mol. The molecule has 2 saturated heterocycles. The molecule has 2 heterocycles. The van der Waals surface area contributed by atoms with Gasteiger partial charge in [0.15, 0.2) is 5.78 Å². The van der Waals surface area contributed by atoms with E-state index in [1.165, 1.54) is 28.3 Å². The Balaban J connectivity index is -0.000000138. The molecular weight excluding hydrogens is 977 g/mol. The number of nitrogens with two attached hydrogens (primary N) is 2. The first-order valence-corrected chi connectivity index (χ1v) is 19.4. The zero-order valence-corrected chi connectivity index (χ0v) is 39.6.